The van der Waals surface area contributed by atoms with Gasteiger partial charge in [-0.25, -0.2) is 10.5 Å². The molecule has 0 aromatic carbocycles. The number of hydroxylamine groups is 1. The van der Waals surface area contributed by atoms with Gasteiger partial charge in [0.25, 0.3) is 0 Å². The Balaban J connectivity index is 2.37. The van der Waals surface area contributed by atoms with Crippen molar-refractivity contribution in [3.05, 3.63) is 0 Å². The molecule has 2 unspecified atom stereocenters. The number of methoxy groups -OCH3 is 1. The van der Waals surface area contributed by atoms with Crippen molar-refractivity contribution in [2.24, 2.45) is 10.7 Å². The van der Waals surface area contributed by atoms with Gasteiger partial charge in [-0.15, -0.1) is 0 Å². The first-order valence-electron chi connectivity index (χ1n) is 4.02. The van der Waals surface area contributed by atoms with Crippen LogP contribution in [0.2, 0.25) is 0 Å². The summed E-state index contributed by atoms with van der Waals surface area (Å²) in [6.45, 7) is 0. The van der Waals surface area contributed by atoms with Crippen LogP contribution < -0.4 is 11.2 Å². The van der Waals surface area contributed by atoms with Gasteiger partial charge in [0.2, 0.25) is 5.96 Å². The van der Waals surface area contributed by atoms with E-state index in [1.807, 2.05) is 5.48 Å². The van der Waals surface area contributed by atoms with Gasteiger partial charge >= 0.3 is 0 Å². The zero-order valence-corrected chi connectivity index (χ0v) is 7.16. The van der Waals surface area contributed by atoms with Crippen molar-refractivity contribution in [2.75, 3.05) is 7.11 Å². The molecule has 4 N–H and O–H groups in total. The first-order chi connectivity index (χ1) is 5.76. The summed E-state index contributed by atoms with van der Waals surface area (Å²) in [5.74, 6) is 0.0803. The Labute approximate surface area is 71.6 Å². The van der Waals surface area contributed by atoms with Crippen LogP contribution in [0.5, 0.6) is 0 Å². The average Bonchev–Trinajstić information content (AvgIpc) is 2.52. The highest BCUT2D eigenvalue weighted by molar-refractivity contribution is 5.76. The van der Waals surface area contributed by atoms with Gasteiger partial charge in [0.05, 0.1) is 12.1 Å². The van der Waals surface area contributed by atoms with Gasteiger partial charge in [-0.3, -0.25) is 5.21 Å². The van der Waals surface area contributed by atoms with E-state index in [4.69, 9.17) is 15.7 Å². The second-order valence-corrected chi connectivity index (χ2v) is 2.95. The molecule has 1 fully saturated rings. The zero-order chi connectivity index (χ0) is 8.97. The van der Waals surface area contributed by atoms with Crippen LogP contribution in [0.3, 0.4) is 0 Å². The maximum Gasteiger partial charge on any atom is 0.213 e. The average molecular weight is 173 g/mol. The van der Waals surface area contributed by atoms with Gasteiger partial charge < -0.3 is 10.5 Å². The second kappa shape index (κ2) is 4.27. The molecule has 0 spiro atoms. The normalized spacial score (nSPS) is 30.7. The topological polar surface area (TPSA) is 79.9 Å². The molecule has 0 aromatic heterocycles. The lowest BCUT2D eigenvalue weighted by Crippen LogP contribution is -2.29. The Hall–Kier alpha value is -0.810. The summed E-state index contributed by atoms with van der Waals surface area (Å²) in [6.07, 6.45) is 3.17. The summed E-state index contributed by atoms with van der Waals surface area (Å²) in [5.41, 5.74) is 7.10. The lowest BCUT2D eigenvalue weighted by atomic mass is 10.3. The van der Waals surface area contributed by atoms with Crippen LogP contribution in [0.1, 0.15) is 19.3 Å². The number of nitrogens with zero attached hydrogens (tertiary/aromatic N) is 1. The van der Waals surface area contributed by atoms with E-state index in [9.17, 15) is 0 Å². The molecule has 2 atom stereocenters. The molecule has 5 heteroatoms. The minimum atomic E-state index is 0.0803. The van der Waals surface area contributed by atoms with Gasteiger partial charge in [0.1, 0.15) is 0 Å². The molecule has 0 bridgehead atoms. The fraction of sp³-hybridized carbons (Fsp3) is 0.857. The van der Waals surface area contributed by atoms with Crippen molar-refractivity contribution in [2.45, 2.75) is 31.4 Å². The highest BCUT2D eigenvalue weighted by atomic mass is 16.5. The predicted molar refractivity (Wildman–Crippen MR) is 45.0 cm³/mol. The molecule has 1 aliphatic rings. The Kier molecular flexibility index (Phi) is 3.31. The summed E-state index contributed by atoms with van der Waals surface area (Å²) in [6, 6.07) is 0.189. The smallest absolute Gasteiger partial charge is 0.213 e. The Morgan fingerprint density at radius 1 is 1.67 bits per heavy atom. The lowest BCUT2D eigenvalue weighted by molar-refractivity contribution is 0.108. The monoisotopic (exact) mass is 173 g/mol. The van der Waals surface area contributed by atoms with E-state index in [1.54, 1.807) is 7.11 Å². The molecule has 0 aromatic rings. The SMILES string of the molecule is COC1CCC(N=C(N)NO)C1. The first-order valence-corrected chi connectivity index (χ1v) is 4.02. The van der Waals surface area contributed by atoms with Crippen LogP contribution in [0, 0.1) is 0 Å². The van der Waals surface area contributed by atoms with Gasteiger partial charge in [-0.1, -0.05) is 0 Å². The molecule has 12 heavy (non-hydrogen) atoms. The van der Waals surface area contributed by atoms with E-state index < -0.39 is 0 Å². The van der Waals surface area contributed by atoms with E-state index in [0.29, 0.717) is 6.10 Å². The molecule has 70 valence electrons. The van der Waals surface area contributed by atoms with Gasteiger partial charge in [-0.05, 0) is 19.3 Å². The third-order valence-corrected chi connectivity index (χ3v) is 2.13. The van der Waals surface area contributed by atoms with Crippen molar-refractivity contribution < 1.29 is 9.94 Å². The quantitative estimate of drug-likeness (QED) is 0.308. The molecule has 0 saturated heterocycles. The van der Waals surface area contributed by atoms with Crippen molar-refractivity contribution in [1.82, 2.24) is 5.48 Å². The molecule has 0 aliphatic heterocycles. The maximum atomic E-state index is 8.38. The maximum absolute atomic E-state index is 8.38. The summed E-state index contributed by atoms with van der Waals surface area (Å²) < 4.78 is 5.16. The molecule has 0 radical (unpaired) electrons. The molecule has 1 rings (SSSR count). The van der Waals surface area contributed by atoms with E-state index in [-0.39, 0.29) is 12.0 Å². The summed E-state index contributed by atoms with van der Waals surface area (Å²) in [4.78, 5) is 4.05. The predicted octanol–water partition coefficient (Wildman–Crippen LogP) is -0.153. The van der Waals surface area contributed by atoms with Crippen LogP contribution in [-0.2, 0) is 4.74 Å². The zero-order valence-electron chi connectivity index (χ0n) is 7.16. The van der Waals surface area contributed by atoms with Crippen LogP contribution in [0.25, 0.3) is 0 Å². The van der Waals surface area contributed by atoms with Crippen LogP contribution in [-0.4, -0.2) is 30.4 Å². The third-order valence-electron chi connectivity index (χ3n) is 2.13. The van der Waals surface area contributed by atoms with E-state index in [2.05, 4.69) is 4.99 Å². The van der Waals surface area contributed by atoms with E-state index >= 15 is 0 Å². The fourth-order valence-electron chi connectivity index (χ4n) is 1.47. The summed E-state index contributed by atoms with van der Waals surface area (Å²) in [5, 5.41) is 8.38. The van der Waals surface area contributed by atoms with Gasteiger partial charge in [0.15, 0.2) is 0 Å². The third kappa shape index (κ3) is 2.35. The van der Waals surface area contributed by atoms with Crippen molar-refractivity contribution in [3.8, 4) is 0 Å². The number of ether oxygens (including phenoxy) is 1. The van der Waals surface area contributed by atoms with Crippen molar-refractivity contribution >= 4 is 5.96 Å². The number of hydrogen-bond acceptors (Lipinski definition) is 3. The number of guanidine groups is 1. The van der Waals surface area contributed by atoms with Crippen LogP contribution in [0.4, 0.5) is 0 Å². The molecule has 0 heterocycles. The van der Waals surface area contributed by atoms with Crippen LogP contribution >= 0.6 is 0 Å². The minimum absolute atomic E-state index is 0.0803. The first kappa shape index (κ1) is 9.28. The highest BCUT2D eigenvalue weighted by Crippen LogP contribution is 2.23. The Bertz CT molecular complexity index is 172. The molecule has 1 saturated carbocycles. The van der Waals surface area contributed by atoms with Crippen molar-refractivity contribution in [3.63, 3.8) is 0 Å². The highest BCUT2D eigenvalue weighted by Gasteiger charge is 2.23. The second-order valence-electron chi connectivity index (χ2n) is 2.95. The molecule has 5 nitrogen and oxygen atoms in total. The number of nitrogens with one attached hydrogen (secondary N) is 1. The Morgan fingerprint density at radius 2 is 2.42 bits per heavy atom. The molecule has 0 amide bonds. The summed E-state index contributed by atoms with van der Waals surface area (Å²) in [7, 11) is 1.70. The van der Waals surface area contributed by atoms with E-state index in [0.717, 1.165) is 19.3 Å². The van der Waals surface area contributed by atoms with E-state index in [1.165, 1.54) is 0 Å². The fourth-order valence-corrected chi connectivity index (χ4v) is 1.47. The Morgan fingerprint density at radius 3 is 2.92 bits per heavy atom. The standard InChI is InChI=1S/C7H15N3O2/c1-12-6-3-2-5(4-6)9-7(8)10-11/h5-6,11H,2-4H2,1H3,(H3,8,9,10). The lowest BCUT2D eigenvalue weighted by Gasteiger charge is -2.06. The van der Waals surface area contributed by atoms with Crippen molar-refractivity contribution in [1.29, 1.82) is 0 Å². The number of rotatable bonds is 2. The largest absolute Gasteiger partial charge is 0.381 e. The molecule has 1 aliphatic carbocycles. The number of nitrogens with two attached hydrogens (primary N) is 1. The minimum Gasteiger partial charge on any atom is -0.381 e. The number of hydrogen-bond donors (Lipinski definition) is 3. The molecular weight excluding hydrogens is 158 g/mol. The van der Waals surface area contributed by atoms with Gasteiger partial charge in [0, 0.05) is 7.11 Å². The van der Waals surface area contributed by atoms with Crippen LogP contribution in [0.15, 0.2) is 4.99 Å². The number of aliphatic imine (C=N–C) groups is 1. The molecular formula is C7H15N3O2. The van der Waals surface area contributed by atoms with Gasteiger partial charge in [-0.2, -0.15) is 0 Å². The summed E-state index contributed by atoms with van der Waals surface area (Å²) >= 11 is 0.